The minimum atomic E-state index is 0.0972. The monoisotopic (exact) mass is 302 g/mol. The molecule has 0 saturated heterocycles. The molecule has 1 fully saturated rings. The first kappa shape index (κ1) is 14.4. The van der Waals surface area contributed by atoms with Crippen molar-refractivity contribution in [3.05, 3.63) is 71.3 Å². The highest BCUT2D eigenvalue weighted by Crippen LogP contribution is 2.49. The molecule has 0 aliphatic heterocycles. The molecule has 0 aromatic heterocycles. The lowest BCUT2D eigenvalue weighted by molar-refractivity contribution is -0.122. The number of carbonyl (C=O) groups is 1. The van der Waals surface area contributed by atoms with E-state index in [0.29, 0.717) is 5.78 Å². The van der Waals surface area contributed by atoms with E-state index in [0.717, 1.165) is 38.5 Å². The van der Waals surface area contributed by atoms with Crippen LogP contribution in [-0.2, 0) is 10.2 Å². The van der Waals surface area contributed by atoms with Crippen LogP contribution in [0.3, 0.4) is 0 Å². The second kappa shape index (κ2) is 5.81. The molecule has 1 spiro atoms. The summed E-state index contributed by atoms with van der Waals surface area (Å²) in [5, 5.41) is 0. The largest absolute Gasteiger partial charge is 0.300 e. The van der Waals surface area contributed by atoms with Gasteiger partial charge in [-0.3, -0.25) is 4.79 Å². The van der Waals surface area contributed by atoms with Crippen molar-refractivity contribution >= 4 is 17.4 Å². The van der Waals surface area contributed by atoms with Crippen LogP contribution in [0, 0.1) is 0 Å². The normalized spacial score (nSPS) is 25.6. The van der Waals surface area contributed by atoms with Crippen molar-refractivity contribution in [3.8, 4) is 0 Å². The Morgan fingerprint density at radius 1 is 0.870 bits per heavy atom. The third kappa shape index (κ3) is 2.65. The fourth-order valence-electron chi connectivity index (χ4n) is 4.39. The van der Waals surface area contributed by atoms with Crippen molar-refractivity contribution in [1.29, 1.82) is 0 Å². The molecule has 1 unspecified atom stereocenters. The van der Waals surface area contributed by atoms with Gasteiger partial charge >= 0.3 is 0 Å². The maximum atomic E-state index is 12.1. The van der Waals surface area contributed by atoms with Crippen molar-refractivity contribution in [1.82, 2.24) is 0 Å². The summed E-state index contributed by atoms with van der Waals surface area (Å²) in [6.45, 7) is 0. The van der Waals surface area contributed by atoms with E-state index in [1.165, 1.54) is 22.3 Å². The van der Waals surface area contributed by atoms with Crippen LogP contribution in [-0.4, -0.2) is 5.78 Å². The van der Waals surface area contributed by atoms with Crippen molar-refractivity contribution in [2.24, 2.45) is 0 Å². The van der Waals surface area contributed by atoms with Crippen LogP contribution in [0.1, 0.15) is 55.2 Å². The Balaban J connectivity index is 1.79. The standard InChI is InChI=1S/C22H22O/c23-19-9-6-13-22(16-19)14-12-18(15-17-7-2-1-3-8-17)20-10-4-5-11-21(20)22/h1-5,7-8,10-11,15H,6,9,12-14,16H2/b18-15-. The minimum Gasteiger partial charge on any atom is -0.300 e. The first-order chi connectivity index (χ1) is 11.3. The second-order valence-corrected chi connectivity index (χ2v) is 6.98. The van der Waals surface area contributed by atoms with Gasteiger partial charge in [-0.1, -0.05) is 60.7 Å². The number of allylic oxidation sites excluding steroid dienone is 1. The van der Waals surface area contributed by atoms with Gasteiger partial charge in [0.1, 0.15) is 5.78 Å². The molecular weight excluding hydrogens is 280 g/mol. The van der Waals surface area contributed by atoms with Gasteiger partial charge in [-0.25, -0.2) is 0 Å². The Kier molecular flexibility index (Phi) is 3.65. The molecule has 23 heavy (non-hydrogen) atoms. The number of hydrogen-bond acceptors (Lipinski definition) is 1. The third-order valence-electron chi connectivity index (χ3n) is 5.50. The first-order valence-electron chi connectivity index (χ1n) is 8.64. The predicted octanol–water partition coefficient (Wildman–Crippen LogP) is 5.40. The Bertz CT molecular complexity index is 757. The van der Waals surface area contributed by atoms with E-state index in [-0.39, 0.29) is 5.41 Å². The van der Waals surface area contributed by atoms with Gasteiger partial charge in [0.05, 0.1) is 0 Å². The van der Waals surface area contributed by atoms with Gasteiger partial charge in [0.2, 0.25) is 0 Å². The molecule has 0 amide bonds. The van der Waals surface area contributed by atoms with Gasteiger partial charge in [0.15, 0.2) is 0 Å². The van der Waals surface area contributed by atoms with E-state index in [1.54, 1.807) is 0 Å². The van der Waals surface area contributed by atoms with Crippen molar-refractivity contribution in [3.63, 3.8) is 0 Å². The van der Waals surface area contributed by atoms with Crippen LogP contribution in [0.4, 0.5) is 0 Å². The smallest absolute Gasteiger partial charge is 0.133 e. The third-order valence-corrected chi connectivity index (χ3v) is 5.50. The molecular formula is C22H22O. The summed E-state index contributed by atoms with van der Waals surface area (Å²) in [7, 11) is 0. The molecule has 0 radical (unpaired) electrons. The van der Waals surface area contributed by atoms with Gasteiger partial charge in [-0.2, -0.15) is 0 Å². The molecule has 2 aromatic carbocycles. The fraction of sp³-hybridized carbons (Fsp3) is 0.318. The summed E-state index contributed by atoms with van der Waals surface area (Å²) in [6, 6.07) is 19.3. The summed E-state index contributed by atoms with van der Waals surface area (Å²) in [5.41, 5.74) is 5.53. The molecule has 0 N–H and O–H groups in total. The molecule has 116 valence electrons. The van der Waals surface area contributed by atoms with Crippen molar-refractivity contribution in [2.45, 2.75) is 43.9 Å². The van der Waals surface area contributed by atoms with Crippen LogP contribution in [0.25, 0.3) is 11.6 Å². The zero-order valence-corrected chi connectivity index (χ0v) is 13.4. The van der Waals surface area contributed by atoms with Crippen LogP contribution >= 0.6 is 0 Å². The Hall–Kier alpha value is -2.15. The molecule has 0 bridgehead atoms. The first-order valence-corrected chi connectivity index (χ1v) is 8.64. The quantitative estimate of drug-likeness (QED) is 0.689. The van der Waals surface area contributed by atoms with Gasteiger partial charge in [-0.15, -0.1) is 0 Å². The van der Waals surface area contributed by atoms with Crippen LogP contribution < -0.4 is 0 Å². The predicted molar refractivity (Wildman–Crippen MR) is 95.1 cm³/mol. The number of rotatable bonds is 1. The summed E-state index contributed by atoms with van der Waals surface area (Å²) in [5.74, 6) is 0.446. The van der Waals surface area contributed by atoms with Crippen molar-refractivity contribution in [2.75, 3.05) is 0 Å². The van der Waals surface area contributed by atoms with Gasteiger partial charge in [-0.05, 0) is 47.9 Å². The summed E-state index contributed by atoms with van der Waals surface area (Å²) >= 11 is 0. The van der Waals surface area contributed by atoms with Crippen LogP contribution in [0.15, 0.2) is 54.6 Å². The molecule has 1 atom stereocenters. The van der Waals surface area contributed by atoms with Crippen molar-refractivity contribution < 1.29 is 4.79 Å². The number of fused-ring (bicyclic) bond motifs is 2. The number of benzene rings is 2. The molecule has 1 saturated carbocycles. The van der Waals surface area contributed by atoms with E-state index >= 15 is 0 Å². The van der Waals surface area contributed by atoms with E-state index in [4.69, 9.17) is 0 Å². The lowest BCUT2D eigenvalue weighted by Crippen LogP contribution is -2.36. The average molecular weight is 302 g/mol. The maximum absolute atomic E-state index is 12.1. The summed E-state index contributed by atoms with van der Waals surface area (Å²) in [6.07, 6.45) is 8.21. The van der Waals surface area contributed by atoms with Gasteiger partial charge in [0, 0.05) is 18.3 Å². The highest BCUT2D eigenvalue weighted by Gasteiger charge is 2.41. The van der Waals surface area contributed by atoms with Gasteiger partial charge < -0.3 is 0 Å². The zero-order chi connectivity index (χ0) is 15.7. The molecule has 2 aliphatic carbocycles. The minimum absolute atomic E-state index is 0.0972. The average Bonchev–Trinajstić information content (AvgIpc) is 2.59. The topological polar surface area (TPSA) is 17.1 Å². The molecule has 0 heterocycles. The molecule has 2 aliphatic rings. The summed E-state index contributed by atoms with van der Waals surface area (Å²) < 4.78 is 0. The Morgan fingerprint density at radius 3 is 2.48 bits per heavy atom. The fourth-order valence-corrected chi connectivity index (χ4v) is 4.39. The Labute approximate surface area is 138 Å². The summed E-state index contributed by atoms with van der Waals surface area (Å²) in [4.78, 5) is 12.1. The SMILES string of the molecule is O=C1CCCC2(CC/C(=C/c3ccccc3)c3ccccc32)C1. The lowest BCUT2D eigenvalue weighted by Gasteiger charge is -2.42. The second-order valence-electron chi connectivity index (χ2n) is 6.98. The molecule has 4 rings (SSSR count). The van der Waals surface area contributed by atoms with Crippen LogP contribution in [0.5, 0.6) is 0 Å². The maximum Gasteiger partial charge on any atom is 0.133 e. The van der Waals surface area contributed by atoms with Gasteiger partial charge in [0.25, 0.3) is 0 Å². The number of hydrogen-bond donors (Lipinski definition) is 0. The van der Waals surface area contributed by atoms with E-state index in [9.17, 15) is 4.79 Å². The number of Topliss-reactive ketones (excluding diaryl/α,β-unsaturated/α-hetero) is 1. The lowest BCUT2D eigenvalue weighted by atomic mass is 9.61. The van der Waals surface area contributed by atoms with Crippen LogP contribution in [0.2, 0.25) is 0 Å². The highest BCUT2D eigenvalue weighted by atomic mass is 16.1. The highest BCUT2D eigenvalue weighted by molar-refractivity contribution is 5.87. The zero-order valence-electron chi connectivity index (χ0n) is 13.4. The molecule has 2 aromatic rings. The molecule has 1 nitrogen and oxygen atoms in total. The van der Waals surface area contributed by atoms with E-state index in [2.05, 4.69) is 60.7 Å². The Morgan fingerprint density at radius 2 is 1.65 bits per heavy atom. The number of carbonyl (C=O) groups excluding carboxylic acids is 1. The number of ketones is 1. The van der Waals surface area contributed by atoms with E-state index in [1.807, 2.05) is 0 Å². The van der Waals surface area contributed by atoms with E-state index < -0.39 is 0 Å². The molecule has 1 heteroatoms.